The molecule has 0 aliphatic heterocycles. The van der Waals surface area contributed by atoms with Gasteiger partial charge in [-0.15, -0.1) is 0 Å². The van der Waals surface area contributed by atoms with Crippen molar-refractivity contribution in [3.8, 4) is 0 Å². The van der Waals surface area contributed by atoms with Gasteiger partial charge in [0.15, 0.2) is 0 Å². The first-order valence-corrected chi connectivity index (χ1v) is 7.03. The van der Waals surface area contributed by atoms with Crippen molar-refractivity contribution in [3.05, 3.63) is 11.8 Å². The lowest BCUT2D eigenvalue weighted by molar-refractivity contribution is 0.640. The number of anilines is 2. The monoisotopic (exact) mass is 248 g/mol. The van der Waals surface area contributed by atoms with Gasteiger partial charge in [0.1, 0.15) is 5.82 Å². The van der Waals surface area contributed by atoms with E-state index in [-0.39, 0.29) is 0 Å². The number of nitrogens with one attached hydrogen (secondary N) is 2. The second kappa shape index (κ2) is 6.03. The van der Waals surface area contributed by atoms with E-state index in [2.05, 4.69) is 34.4 Å². The minimum Gasteiger partial charge on any atom is -0.367 e. The fourth-order valence-electron chi connectivity index (χ4n) is 2.12. The number of aromatic nitrogens is 2. The van der Waals surface area contributed by atoms with Gasteiger partial charge in [-0.3, -0.25) is 0 Å². The second-order valence-electron chi connectivity index (χ2n) is 5.37. The summed E-state index contributed by atoms with van der Waals surface area (Å²) in [5.74, 6) is 2.61. The van der Waals surface area contributed by atoms with Crippen LogP contribution in [-0.4, -0.2) is 22.6 Å². The molecule has 0 aromatic carbocycles. The van der Waals surface area contributed by atoms with Crippen molar-refractivity contribution in [2.24, 2.45) is 5.92 Å². The van der Waals surface area contributed by atoms with Crippen LogP contribution in [0.5, 0.6) is 0 Å². The highest BCUT2D eigenvalue weighted by molar-refractivity contribution is 5.42. The van der Waals surface area contributed by atoms with E-state index in [0.717, 1.165) is 36.3 Å². The molecule has 0 saturated heterocycles. The van der Waals surface area contributed by atoms with E-state index in [4.69, 9.17) is 0 Å². The maximum absolute atomic E-state index is 4.51. The molecule has 1 aliphatic carbocycles. The maximum Gasteiger partial charge on any atom is 0.224 e. The Morgan fingerprint density at radius 1 is 1.39 bits per heavy atom. The molecule has 0 spiro atoms. The third-order valence-corrected chi connectivity index (χ3v) is 3.17. The van der Waals surface area contributed by atoms with Crippen molar-refractivity contribution in [2.45, 2.75) is 52.5 Å². The van der Waals surface area contributed by atoms with E-state index in [1.807, 2.05) is 13.0 Å². The van der Waals surface area contributed by atoms with Crippen LogP contribution in [-0.2, 0) is 0 Å². The molecule has 4 nitrogen and oxygen atoms in total. The molecule has 4 heteroatoms. The number of hydrogen-bond donors (Lipinski definition) is 2. The van der Waals surface area contributed by atoms with Crippen LogP contribution in [0.15, 0.2) is 6.07 Å². The van der Waals surface area contributed by atoms with Crippen LogP contribution in [0.4, 0.5) is 11.8 Å². The number of hydrogen-bond acceptors (Lipinski definition) is 4. The fraction of sp³-hybridized carbons (Fsp3) is 0.714. The molecule has 0 radical (unpaired) electrons. The van der Waals surface area contributed by atoms with E-state index in [1.165, 1.54) is 19.3 Å². The Balaban J connectivity index is 1.94. The van der Waals surface area contributed by atoms with Gasteiger partial charge in [-0.2, -0.15) is 4.98 Å². The van der Waals surface area contributed by atoms with Crippen molar-refractivity contribution in [1.82, 2.24) is 9.97 Å². The van der Waals surface area contributed by atoms with Crippen molar-refractivity contribution in [2.75, 3.05) is 17.2 Å². The molecule has 18 heavy (non-hydrogen) atoms. The van der Waals surface area contributed by atoms with Crippen LogP contribution in [0.1, 0.15) is 45.2 Å². The zero-order valence-corrected chi connectivity index (χ0v) is 11.7. The fourth-order valence-corrected chi connectivity index (χ4v) is 2.12. The van der Waals surface area contributed by atoms with Gasteiger partial charge >= 0.3 is 0 Å². The van der Waals surface area contributed by atoms with Crippen LogP contribution < -0.4 is 10.6 Å². The minimum absolute atomic E-state index is 0.492. The highest BCUT2D eigenvalue weighted by Crippen LogP contribution is 2.34. The smallest absolute Gasteiger partial charge is 0.224 e. The normalized spacial score (nSPS) is 16.4. The zero-order valence-electron chi connectivity index (χ0n) is 11.7. The van der Waals surface area contributed by atoms with Gasteiger partial charge in [0, 0.05) is 24.3 Å². The van der Waals surface area contributed by atoms with Gasteiger partial charge in [0.25, 0.3) is 0 Å². The lowest BCUT2D eigenvalue weighted by Gasteiger charge is -2.15. The highest BCUT2D eigenvalue weighted by Gasteiger charge is 2.23. The molecule has 1 saturated carbocycles. The molecule has 1 unspecified atom stereocenters. The third-order valence-electron chi connectivity index (χ3n) is 3.17. The summed E-state index contributed by atoms with van der Waals surface area (Å²) in [5.41, 5.74) is 1.00. The zero-order chi connectivity index (χ0) is 13.0. The molecule has 2 N–H and O–H groups in total. The van der Waals surface area contributed by atoms with Crippen LogP contribution >= 0.6 is 0 Å². The van der Waals surface area contributed by atoms with Crippen LogP contribution in [0.3, 0.4) is 0 Å². The van der Waals surface area contributed by atoms with Gasteiger partial charge < -0.3 is 10.6 Å². The van der Waals surface area contributed by atoms with Crippen LogP contribution in [0.2, 0.25) is 0 Å². The van der Waals surface area contributed by atoms with Gasteiger partial charge in [0.05, 0.1) is 0 Å². The summed E-state index contributed by atoms with van der Waals surface area (Å²) in [6, 6.07) is 2.51. The van der Waals surface area contributed by atoms with Gasteiger partial charge in [-0.05, 0) is 32.6 Å². The van der Waals surface area contributed by atoms with E-state index in [0.29, 0.717) is 6.04 Å². The Morgan fingerprint density at radius 3 is 2.83 bits per heavy atom. The van der Waals surface area contributed by atoms with E-state index in [1.54, 1.807) is 0 Å². The highest BCUT2D eigenvalue weighted by atomic mass is 15.1. The molecular formula is C14H24N4. The summed E-state index contributed by atoms with van der Waals surface area (Å²) in [7, 11) is 0. The average Bonchev–Trinajstić information content (AvgIpc) is 3.09. The Morgan fingerprint density at radius 2 is 2.17 bits per heavy atom. The standard InChI is InChI=1S/C14H24N4/c1-4-7-15-14-17-11(3)9-13(18-14)16-10(2)8-12-5-6-12/h9-10,12H,4-8H2,1-3H3,(H2,15,16,17,18). The first-order valence-electron chi connectivity index (χ1n) is 7.03. The molecule has 1 aromatic heterocycles. The first kappa shape index (κ1) is 13.1. The lowest BCUT2D eigenvalue weighted by atomic mass is 10.1. The van der Waals surface area contributed by atoms with Crippen molar-refractivity contribution in [3.63, 3.8) is 0 Å². The Labute approximate surface area is 110 Å². The van der Waals surface area contributed by atoms with Crippen molar-refractivity contribution >= 4 is 11.8 Å². The SMILES string of the molecule is CCCNc1nc(C)cc(NC(C)CC2CC2)n1. The predicted molar refractivity (Wildman–Crippen MR) is 76.0 cm³/mol. The molecule has 1 heterocycles. The topological polar surface area (TPSA) is 49.8 Å². The molecule has 2 rings (SSSR count). The molecule has 1 aliphatic rings. The van der Waals surface area contributed by atoms with Crippen molar-refractivity contribution < 1.29 is 0 Å². The Kier molecular flexibility index (Phi) is 4.39. The quantitative estimate of drug-likeness (QED) is 0.778. The summed E-state index contributed by atoms with van der Waals surface area (Å²) in [4.78, 5) is 8.90. The minimum atomic E-state index is 0.492. The van der Waals surface area contributed by atoms with E-state index >= 15 is 0 Å². The van der Waals surface area contributed by atoms with Crippen molar-refractivity contribution in [1.29, 1.82) is 0 Å². The molecule has 1 fully saturated rings. The number of nitrogens with zero attached hydrogens (tertiary/aromatic N) is 2. The largest absolute Gasteiger partial charge is 0.367 e. The Bertz CT molecular complexity index is 387. The van der Waals surface area contributed by atoms with Crippen LogP contribution in [0, 0.1) is 12.8 Å². The van der Waals surface area contributed by atoms with Gasteiger partial charge in [-0.1, -0.05) is 19.8 Å². The van der Waals surface area contributed by atoms with Gasteiger partial charge in [-0.25, -0.2) is 4.98 Å². The van der Waals surface area contributed by atoms with E-state index in [9.17, 15) is 0 Å². The third kappa shape index (κ3) is 4.17. The number of rotatable bonds is 7. The molecular weight excluding hydrogens is 224 g/mol. The van der Waals surface area contributed by atoms with Gasteiger partial charge in [0.2, 0.25) is 5.95 Å². The molecule has 0 amide bonds. The first-order chi connectivity index (χ1) is 8.67. The lowest BCUT2D eigenvalue weighted by Crippen LogP contribution is -2.17. The molecule has 1 aromatic rings. The average molecular weight is 248 g/mol. The second-order valence-corrected chi connectivity index (χ2v) is 5.37. The molecule has 1 atom stereocenters. The summed E-state index contributed by atoms with van der Waals surface area (Å²) in [5, 5.41) is 6.72. The summed E-state index contributed by atoms with van der Waals surface area (Å²) >= 11 is 0. The van der Waals surface area contributed by atoms with Crippen LogP contribution in [0.25, 0.3) is 0 Å². The summed E-state index contributed by atoms with van der Waals surface area (Å²) in [6.45, 7) is 7.30. The molecule has 100 valence electrons. The summed E-state index contributed by atoms with van der Waals surface area (Å²) < 4.78 is 0. The molecule has 0 bridgehead atoms. The number of aryl methyl sites for hydroxylation is 1. The van der Waals surface area contributed by atoms with E-state index < -0.39 is 0 Å². The maximum atomic E-state index is 4.51. The Hall–Kier alpha value is -1.32. The summed E-state index contributed by atoms with van der Waals surface area (Å²) in [6.07, 6.45) is 5.13. The predicted octanol–water partition coefficient (Wildman–Crippen LogP) is 3.21.